The molecule has 5 nitrogen and oxygen atoms in total. The predicted octanol–water partition coefficient (Wildman–Crippen LogP) is 2.07. The number of carbonyl (C=O) groups is 2. The van der Waals surface area contributed by atoms with Crippen LogP contribution in [0.1, 0.15) is 47.4 Å². The predicted molar refractivity (Wildman–Crippen MR) is 74.6 cm³/mol. The maximum atomic E-state index is 12.2. The molecule has 1 aliphatic carbocycles. The normalized spacial score (nSPS) is 22.3. The van der Waals surface area contributed by atoms with Crippen molar-refractivity contribution in [3.8, 4) is 0 Å². The lowest BCUT2D eigenvalue weighted by molar-refractivity contribution is -0.142. The summed E-state index contributed by atoms with van der Waals surface area (Å²) >= 11 is 0. The third-order valence-corrected chi connectivity index (χ3v) is 3.88. The van der Waals surface area contributed by atoms with Crippen LogP contribution in [0.25, 0.3) is 0 Å². The fraction of sp³-hybridized carbons (Fsp3) is 0.533. The molecule has 1 heterocycles. The first-order valence-electron chi connectivity index (χ1n) is 6.95. The number of carbonyl (C=O) groups excluding carboxylic acids is 1. The molecule has 1 amide bonds. The van der Waals surface area contributed by atoms with Gasteiger partial charge in [-0.3, -0.25) is 14.6 Å². The maximum absolute atomic E-state index is 12.2. The van der Waals surface area contributed by atoms with Crippen LogP contribution in [0, 0.1) is 19.8 Å². The van der Waals surface area contributed by atoms with Crippen LogP contribution in [0.15, 0.2) is 12.1 Å². The molecule has 5 heteroatoms. The molecule has 2 N–H and O–H groups in total. The van der Waals surface area contributed by atoms with Gasteiger partial charge in [-0.15, -0.1) is 0 Å². The Morgan fingerprint density at radius 2 is 1.85 bits per heavy atom. The molecule has 1 aromatic heterocycles. The van der Waals surface area contributed by atoms with Crippen molar-refractivity contribution in [3.05, 3.63) is 29.1 Å². The molecule has 20 heavy (non-hydrogen) atoms. The largest absolute Gasteiger partial charge is 0.481 e. The highest BCUT2D eigenvalue weighted by molar-refractivity contribution is 5.95. The Morgan fingerprint density at radius 3 is 2.40 bits per heavy atom. The Bertz CT molecular complexity index is 520. The van der Waals surface area contributed by atoms with Crippen molar-refractivity contribution in [2.75, 3.05) is 0 Å². The van der Waals surface area contributed by atoms with E-state index in [9.17, 15) is 9.59 Å². The van der Waals surface area contributed by atoms with Gasteiger partial charge in [-0.2, -0.15) is 0 Å². The number of carboxylic acid groups (broad SMARTS) is 1. The Morgan fingerprint density at radius 1 is 1.20 bits per heavy atom. The van der Waals surface area contributed by atoms with Gasteiger partial charge in [-0.1, -0.05) is 0 Å². The summed E-state index contributed by atoms with van der Waals surface area (Å²) in [6, 6.07) is 3.68. The van der Waals surface area contributed by atoms with E-state index in [-0.39, 0.29) is 17.9 Å². The van der Waals surface area contributed by atoms with E-state index < -0.39 is 5.97 Å². The summed E-state index contributed by atoms with van der Waals surface area (Å²) in [5.74, 6) is -1.10. The highest BCUT2D eigenvalue weighted by Gasteiger charge is 2.27. The Labute approximate surface area is 118 Å². The molecule has 0 bridgehead atoms. The Hall–Kier alpha value is -1.91. The number of carboxylic acids is 1. The lowest BCUT2D eigenvalue weighted by Crippen LogP contribution is -2.39. The van der Waals surface area contributed by atoms with Gasteiger partial charge in [-0.05, 0) is 51.7 Å². The number of nitrogens with zero attached hydrogens (tertiary/aromatic N) is 1. The van der Waals surface area contributed by atoms with Gasteiger partial charge < -0.3 is 10.4 Å². The fourth-order valence-corrected chi connectivity index (χ4v) is 2.67. The first-order chi connectivity index (χ1) is 9.47. The summed E-state index contributed by atoms with van der Waals surface area (Å²) in [5, 5.41) is 11.9. The average Bonchev–Trinajstić information content (AvgIpc) is 2.39. The molecular weight excluding hydrogens is 256 g/mol. The van der Waals surface area contributed by atoms with Gasteiger partial charge in [0.25, 0.3) is 5.91 Å². The Balaban J connectivity index is 1.94. The quantitative estimate of drug-likeness (QED) is 0.885. The first-order valence-corrected chi connectivity index (χ1v) is 6.95. The number of rotatable bonds is 3. The molecule has 0 aromatic carbocycles. The lowest BCUT2D eigenvalue weighted by atomic mass is 9.86. The van der Waals surface area contributed by atoms with Crippen molar-refractivity contribution in [3.63, 3.8) is 0 Å². The first kappa shape index (κ1) is 14.5. The second-order valence-electron chi connectivity index (χ2n) is 5.45. The molecule has 0 atom stereocenters. The van der Waals surface area contributed by atoms with Crippen molar-refractivity contribution in [1.82, 2.24) is 10.3 Å². The van der Waals surface area contributed by atoms with Crippen LogP contribution in [-0.4, -0.2) is 28.0 Å². The minimum atomic E-state index is -0.728. The minimum absolute atomic E-state index is 0.0683. The third kappa shape index (κ3) is 3.35. The smallest absolute Gasteiger partial charge is 0.306 e. The Kier molecular flexibility index (Phi) is 4.37. The minimum Gasteiger partial charge on any atom is -0.481 e. The summed E-state index contributed by atoms with van der Waals surface area (Å²) < 4.78 is 0. The SMILES string of the molecule is Cc1ccc(C(=O)NC2CCC(C(=O)O)CC2)c(C)n1. The number of aliphatic carboxylic acids is 1. The highest BCUT2D eigenvalue weighted by Crippen LogP contribution is 2.24. The van der Waals surface area contributed by atoms with Crippen LogP contribution in [0.5, 0.6) is 0 Å². The molecule has 2 rings (SSSR count). The molecule has 0 aliphatic heterocycles. The lowest BCUT2D eigenvalue weighted by Gasteiger charge is -2.27. The van der Waals surface area contributed by atoms with E-state index in [0.717, 1.165) is 24.2 Å². The van der Waals surface area contributed by atoms with E-state index in [0.29, 0.717) is 18.4 Å². The molecule has 0 radical (unpaired) electrons. The zero-order chi connectivity index (χ0) is 14.7. The molecular formula is C15H20N2O3. The molecule has 1 saturated carbocycles. The summed E-state index contributed by atoms with van der Waals surface area (Å²) in [4.78, 5) is 27.4. The summed E-state index contributed by atoms with van der Waals surface area (Å²) in [5.41, 5.74) is 2.21. The van der Waals surface area contributed by atoms with E-state index in [1.54, 1.807) is 6.07 Å². The second kappa shape index (κ2) is 6.03. The molecule has 0 unspecified atom stereocenters. The summed E-state index contributed by atoms with van der Waals surface area (Å²) in [7, 11) is 0. The number of aryl methyl sites for hydroxylation is 2. The summed E-state index contributed by atoms with van der Waals surface area (Å²) in [6.07, 6.45) is 2.71. The molecule has 1 aromatic rings. The third-order valence-electron chi connectivity index (χ3n) is 3.88. The van der Waals surface area contributed by atoms with E-state index in [4.69, 9.17) is 5.11 Å². The number of hydrogen-bond donors (Lipinski definition) is 2. The second-order valence-corrected chi connectivity index (χ2v) is 5.45. The van der Waals surface area contributed by atoms with Gasteiger partial charge in [-0.25, -0.2) is 0 Å². The molecule has 0 saturated heterocycles. The van der Waals surface area contributed by atoms with Crippen molar-refractivity contribution < 1.29 is 14.7 Å². The topological polar surface area (TPSA) is 79.3 Å². The molecule has 108 valence electrons. The average molecular weight is 276 g/mol. The van der Waals surface area contributed by atoms with Crippen LogP contribution in [-0.2, 0) is 4.79 Å². The van der Waals surface area contributed by atoms with Crippen LogP contribution >= 0.6 is 0 Å². The van der Waals surface area contributed by atoms with E-state index in [1.165, 1.54) is 0 Å². The molecule has 0 spiro atoms. The highest BCUT2D eigenvalue weighted by atomic mass is 16.4. The van der Waals surface area contributed by atoms with Gasteiger partial charge >= 0.3 is 5.97 Å². The maximum Gasteiger partial charge on any atom is 0.306 e. The molecule has 1 aliphatic rings. The zero-order valence-corrected chi connectivity index (χ0v) is 11.8. The van der Waals surface area contributed by atoms with Gasteiger partial charge in [0, 0.05) is 11.7 Å². The van der Waals surface area contributed by atoms with Crippen LogP contribution in [0.3, 0.4) is 0 Å². The van der Waals surface area contributed by atoms with Crippen molar-refractivity contribution in [2.45, 2.75) is 45.6 Å². The van der Waals surface area contributed by atoms with Crippen LogP contribution in [0.4, 0.5) is 0 Å². The summed E-state index contributed by atoms with van der Waals surface area (Å²) in [6.45, 7) is 3.71. The van der Waals surface area contributed by atoms with E-state index in [1.807, 2.05) is 19.9 Å². The fourth-order valence-electron chi connectivity index (χ4n) is 2.67. The standard InChI is InChI=1S/C15H20N2O3/c1-9-3-8-13(10(2)16-9)14(18)17-12-6-4-11(5-7-12)15(19)20/h3,8,11-12H,4-7H2,1-2H3,(H,17,18)(H,19,20). The number of hydrogen-bond acceptors (Lipinski definition) is 3. The van der Waals surface area contributed by atoms with Crippen LogP contribution in [0.2, 0.25) is 0 Å². The number of nitrogens with one attached hydrogen (secondary N) is 1. The van der Waals surface area contributed by atoms with Gasteiger partial charge in [0.05, 0.1) is 17.2 Å². The van der Waals surface area contributed by atoms with Crippen molar-refractivity contribution in [2.24, 2.45) is 5.92 Å². The zero-order valence-electron chi connectivity index (χ0n) is 11.8. The van der Waals surface area contributed by atoms with Gasteiger partial charge in [0.15, 0.2) is 0 Å². The van der Waals surface area contributed by atoms with E-state index >= 15 is 0 Å². The van der Waals surface area contributed by atoms with Crippen molar-refractivity contribution in [1.29, 1.82) is 0 Å². The number of amides is 1. The van der Waals surface area contributed by atoms with Crippen LogP contribution < -0.4 is 5.32 Å². The van der Waals surface area contributed by atoms with Gasteiger partial charge in [0.2, 0.25) is 0 Å². The van der Waals surface area contributed by atoms with Crippen molar-refractivity contribution >= 4 is 11.9 Å². The monoisotopic (exact) mass is 276 g/mol. The van der Waals surface area contributed by atoms with Gasteiger partial charge in [0.1, 0.15) is 0 Å². The molecule has 1 fully saturated rings. The number of pyridine rings is 1. The number of aromatic nitrogens is 1. The van der Waals surface area contributed by atoms with E-state index in [2.05, 4.69) is 10.3 Å².